The van der Waals surface area contributed by atoms with Crippen LogP contribution >= 0.6 is 0 Å². The number of aromatic nitrogens is 2. The molecule has 2 saturated heterocycles. The van der Waals surface area contributed by atoms with Gasteiger partial charge in [-0.2, -0.15) is 0 Å². The highest BCUT2D eigenvalue weighted by molar-refractivity contribution is 5.97. The van der Waals surface area contributed by atoms with E-state index in [-0.39, 0.29) is 5.91 Å². The number of ether oxygens (including phenoxy) is 1. The molecule has 0 unspecified atom stereocenters. The number of anilines is 2. The summed E-state index contributed by atoms with van der Waals surface area (Å²) in [7, 11) is 1.60. The molecule has 0 aliphatic carbocycles. The van der Waals surface area contributed by atoms with Gasteiger partial charge in [0.05, 0.1) is 12.7 Å². The van der Waals surface area contributed by atoms with Crippen LogP contribution in [0.2, 0.25) is 0 Å². The van der Waals surface area contributed by atoms with Gasteiger partial charge in [-0.15, -0.1) is 0 Å². The van der Waals surface area contributed by atoms with Crippen molar-refractivity contribution in [3.8, 4) is 5.75 Å². The molecule has 2 aromatic rings. The maximum Gasteiger partial charge on any atom is 0.257 e. The fourth-order valence-corrected chi connectivity index (χ4v) is 3.94. The van der Waals surface area contributed by atoms with Gasteiger partial charge in [0.2, 0.25) is 0 Å². The van der Waals surface area contributed by atoms with Crippen LogP contribution in [0.4, 0.5) is 11.6 Å². The largest absolute Gasteiger partial charge is 0.496 e. The summed E-state index contributed by atoms with van der Waals surface area (Å²) < 4.78 is 5.34. The molecule has 3 heterocycles. The van der Waals surface area contributed by atoms with Gasteiger partial charge in [0.25, 0.3) is 5.91 Å². The Labute approximate surface area is 165 Å². The van der Waals surface area contributed by atoms with Gasteiger partial charge in [-0.3, -0.25) is 4.79 Å². The maximum absolute atomic E-state index is 12.9. The van der Waals surface area contributed by atoms with Crippen LogP contribution in [0.5, 0.6) is 5.75 Å². The van der Waals surface area contributed by atoms with Crippen molar-refractivity contribution in [1.82, 2.24) is 14.9 Å². The average molecular weight is 381 g/mol. The number of hydrogen-bond donors (Lipinski definition) is 0. The molecule has 1 aromatic carbocycles. The molecule has 148 valence electrons. The Kier molecular flexibility index (Phi) is 5.60. The van der Waals surface area contributed by atoms with E-state index in [1.165, 1.54) is 19.3 Å². The van der Waals surface area contributed by atoms with Crippen LogP contribution < -0.4 is 14.5 Å². The van der Waals surface area contributed by atoms with Crippen molar-refractivity contribution in [2.24, 2.45) is 0 Å². The zero-order valence-electron chi connectivity index (χ0n) is 16.4. The molecule has 0 saturated carbocycles. The van der Waals surface area contributed by atoms with E-state index in [1.807, 2.05) is 29.2 Å². The Balaban J connectivity index is 1.41. The summed E-state index contributed by atoms with van der Waals surface area (Å²) >= 11 is 0. The fraction of sp³-hybridized carbons (Fsp3) is 0.476. The molecular weight excluding hydrogens is 354 g/mol. The first-order valence-electron chi connectivity index (χ1n) is 10.0. The number of benzene rings is 1. The Bertz CT molecular complexity index is 814. The van der Waals surface area contributed by atoms with Gasteiger partial charge in [-0.1, -0.05) is 12.1 Å². The van der Waals surface area contributed by atoms with Crippen LogP contribution in [0.1, 0.15) is 29.6 Å². The lowest BCUT2D eigenvalue weighted by molar-refractivity contribution is 0.0743. The molecule has 4 rings (SSSR count). The summed E-state index contributed by atoms with van der Waals surface area (Å²) in [6.07, 6.45) is 5.41. The van der Waals surface area contributed by atoms with E-state index in [1.54, 1.807) is 13.4 Å². The number of carbonyl (C=O) groups excluding carboxylic acids is 1. The molecule has 1 amide bonds. The monoisotopic (exact) mass is 381 g/mol. The lowest BCUT2D eigenvalue weighted by atomic mass is 10.1. The number of nitrogens with zero attached hydrogens (tertiary/aromatic N) is 5. The van der Waals surface area contributed by atoms with E-state index in [9.17, 15) is 4.79 Å². The van der Waals surface area contributed by atoms with Gasteiger partial charge in [0.15, 0.2) is 0 Å². The van der Waals surface area contributed by atoms with Crippen LogP contribution in [0.15, 0.2) is 36.7 Å². The number of piperidine rings is 1. The van der Waals surface area contributed by atoms with Crippen LogP contribution in [0.3, 0.4) is 0 Å². The molecular formula is C21H27N5O2. The van der Waals surface area contributed by atoms with Gasteiger partial charge in [0, 0.05) is 45.3 Å². The van der Waals surface area contributed by atoms with Gasteiger partial charge in [-0.25, -0.2) is 9.97 Å². The minimum atomic E-state index is 0.0220. The second kappa shape index (κ2) is 8.46. The lowest BCUT2D eigenvalue weighted by Gasteiger charge is -2.36. The normalized spacial score (nSPS) is 17.5. The standard InChI is InChI=1S/C21H27N5O2/c1-28-18-8-4-3-7-17(18)21(27)26-13-11-25(12-14-26)20-15-19(22-16-23-20)24-9-5-2-6-10-24/h3-4,7-8,15-16H,2,5-6,9-14H2,1H3. The van der Waals surface area contributed by atoms with Crippen LogP contribution in [-0.4, -0.2) is 67.2 Å². The van der Waals surface area contributed by atoms with E-state index in [2.05, 4.69) is 25.8 Å². The number of para-hydroxylation sites is 1. The van der Waals surface area contributed by atoms with Crippen molar-refractivity contribution in [2.45, 2.75) is 19.3 Å². The SMILES string of the molecule is COc1ccccc1C(=O)N1CCN(c2cc(N3CCCCC3)ncn2)CC1. The first kappa shape index (κ1) is 18.5. The summed E-state index contributed by atoms with van der Waals surface area (Å²) in [6, 6.07) is 9.48. The highest BCUT2D eigenvalue weighted by Gasteiger charge is 2.25. The molecule has 2 fully saturated rings. The molecule has 0 spiro atoms. The molecule has 28 heavy (non-hydrogen) atoms. The third-order valence-electron chi connectivity index (χ3n) is 5.55. The smallest absolute Gasteiger partial charge is 0.257 e. The maximum atomic E-state index is 12.9. The molecule has 1 aromatic heterocycles. The van der Waals surface area contributed by atoms with Gasteiger partial charge in [0.1, 0.15) is 23.7 Å². The van der Waals surface area contributed by atoms with Gasteiger partial charge < -0.3 is 19.4 Å². The summed E-state index contributed by atoms with van der Waals surface area (Å²) in [5.74, 6) is 2.60. The molecule has 7 nitrogen and oxygen atoms in total. The van der Waals surface area contributed by atoms with E-state index >= 15 is 0 Å². The van der Waals surface area contributed by atoms with Crippen LogP contribution in [0, 0.1) is 0 Å². The zero-order valence-corrected chi connectivity index (χ0v) is 16.4. The molecule has 0 bridgehead atoms. The van der Waals surface area contributed by atoms with Crippen molar-refractivity contribution in [1.29, 1.82) is 0 Å². The number of rotatable bonds is 4. The predicted molar refractivity (Wildman–Crippen MR) is 109 cm³/mol. The third kappa shape index (κ3) is 3.88. The Morgan fingerprint density at radius 1 is 0.893 bits per heavy atom. The predicted octanol–water partition coefficient (Wildman–Crippen LogP) is 2.44. The number of methoxy groups -OCH3 is 1. The Morgan fingerprint density at radius 3 is 2.21 bits per heavy atom. The number of carbonyl (C=O) groups is 1. The van der Waals surface area contributed by atoms with Crippen molar-refractivity contribution >= 4 is 17.5 Å². The zero-order chi connectivity index (χ0) is 19.3. The Morgan fingerprint density at radius 2 is 1.54 bits per heavy atom. The first-order valence-corrected chi connectivity index (χ1v) is 10.0. The highest BCUT2D eigenvalue weighted by atomic mass is 16.5. The quantitative estimate of drug-likeness (QED) is 0.811. The molecule has 0 radical (unpaired) electrons. The van der Waals surface area contributed by atoms with E-state index < -0.39 is 0 Å². The molecule has 0 N–H and O–H groups in total. The summed E-state index contributed by atoms with van der Waals surface area (Å²) in [5.41, 5.74) is 0.618. The summed E-state index contributed by atoms with van der Waals surface area (Å²) in [4.78, 5) is 28.3. The van der Waals surface area contributed by atoms with Crippen molar-refractivity contribution in [2.75, 3.05) is 56.2 Å². The minimum absolute atomic E-state index is 0.0220. The summed E-state index contributed by atoms with van der Waals surface area (Å²) in [6.45, 7) is 4.99. The topological polar surface area (TPSA) is 61.8 Å². The van der Waals surface area contributed by atoms with Gasteiger partial charge >= 0.3 is 0 Å². The summed E-state index contributed by atoms with van der Waals surface area (Å²) in [5, 5.41) is 0. The molecule has 2 aliphatic heterocycles. The Hall–Kier alpha value is -2.83. The van der Waals surface area contributed by atoms with E-state index in [0.29, 0.717) is 24.4 Å². The molecule has 0 atom stereocenters. The van der Waals surface area contributed by atoms with E-state index in [4.69, 9.17) is 4.74 Å². The van der Waals surface area contributed by atoms with Crippen molar-refractivity contribution in [3.05, 3.63) is 42.2 Å². The second-order valence-electron chi connectivity index (χ2n) is 7.26. The number of hydrogen-bond acceptors (Lipinski definition) is 6. The van der Waals surface area contributed by atoms with Gasteiger partial charge in [-0.05, 0) is 31.4 Å². The van der Waals surface area contributed by atoms with Crippen molar-refractivity contribution < 1.29 is 9.53 Å². The number of amides is 1. The molecule has 2 aliphatic rings. The lowest BCUT2D eigenvalue weighted by Crippen LogP contribution is -2.49. The second-order valence-corrected chi connectivity index (χ2v) is 7.26. The first-order chi connectivity index (χ1) is 13.8. The van der Waals surface area contributed by atoms with Crippen LogP contribution in [-0.2, 0) is 0 Å². The molecule has 7 heteroatoms. The van der Waals surface area contributed by atoms with E-state index in [0.717, 1.165) is 37.8 Å². The highest BCUT2D eigenvalue weighted by Crippen LogP contribution is 2.23. The third-order valence-corrected chi connectivity index (χ3v) is 5.55. The fourth-order valence-electron chi connectivity index (χ4n) is 3.94. The average Bonchev–Trinajstić information content (AvgIpc) is 2.79. The number of piperazine rings is 1. The van der Waals surface area contributed by atoms with Crippen LogP contribution in [0.25, 0.3) is 0 Å². The minimum Gasteiger partial charge on any atom is -0.496 e. The van der Waals surface area contributed by atoms with Crippen molar-refractivity contribution in [3.63, 3.8) is 0 Å².